The topological polar surface area (TPSA) is 67.4 Å². The van der Waals surface area contributed by atoms with E-state index in [0.29, 0.717) is 12.5 Å². The number of likely N-dealkylation sites (tertiary alicyclic amines) is 1. The molecule has 3 rings (SSSR count). The number of ether oxygens (including phenoxy) is 1. The normalized spacial score (nSPS) is 15.0. The monoisotopic (exact) mass is 340 g/mol. The Balaban J connectivity index is 1.39. The molecule has 1 saturated heterocycles. The van der Waals surface area contributed by atoms with Crippen molar-refractivity contribution in [2.75, 3.05) is 25.0 Å². The fraction of sp³-hybridized carbons (Fsp3) is 0.421. The minimum Gasteiger partial charge on any atom is -0.445 e. The second-order valence-electron chi connectivity index (χ2n) is 6.41. The lowest BCUT2D eigenvalue weighted by molar-refractivity contribution is 0.0832. The molecule has 1 fully saturated rings. The molecule has 1 aliphatic rings. The molecule has 6 nitrogen and oxygen atoms in total. The Kier molecular flexibility index (Phi) is 5.82. The van der Waals surface area contributed by atoms with Gasteiger partial charge in [-0.3, -0.25) is 0 Å². The standard InChI is InChI=1S/C19H24N4O2/c1-15-11-20-14-22-18(15)21-12-16-7-9-23(10-8-16)19(24)25-13-17-5-3-2-4-6-17/h2-6,11,14,16H,7-10,12-13H2,1H3,(H,20,21,22). The zero-order valence-electron chi connectivity index (χ0n) is 14.5. The van der Waals surface area contributed by atoms with E-state index in [1.807, 2.05) is 37.3 Å². The van der Waals surface area contributed by atoms with Gasteiger partial charge in [-0.05, 0) is 31.2 Å². The van der Waals surface area contributed by atoms with E-state index < -0.39 is 0 Å². The Bertz CT molecular complexity index is 685. The summed E-state index contributed by atoms with van der Waals surface area (Å²) >= 11 is 0. The third-order valence-electron chi connectivity index (χ3n) is 4.53. The van der Waals surface area contributed by atoms with Crippen LogP contribution in [0, 0.1) is 12.8 Å². The van der Waals surface area contributed by atoms with Crippen LogP contribution in [0.5, 0.6) is 0 Å². The summed E-state index contributed by atoms with van der Waals surface area (Å²) in [7, 11) is 0. The van der Waals surface area contributed by atoms with Gasteiger partial charge in [0.1, 0.15) is 18.8 Å². The van der Waals surface area contributed by atoms with Crippen LogP contribution in [-0.2, 0) is 11.3 Å². The van der Waals surface area contributed by atoms with E-state index in [0.717, 1.165) is 49.4 Å². The lowest BCUT2D eigenvalue weighted by Gasteiger charge is -2.31. The largest absolute Gasteiger partial charge is 0.445 e. The molecule has 6 heteroatoms. The molecule has 2 aromatic rings. The van der Waals surface area contributed by atoms with E-state index in [1.54, 1.807) is 17.4 Å². The van der Waals surface area contributed by atoms with Crippen molar-refractivity contribution in [2.45, 2.75) is 26.4 Å². The highest BCUT2D eigenvalue weighted by Crippen LogP contribution is 2.19. The summed E-state index contributed by atoms with van der Waals surface area (Å²) in [6.45, 7) is 4.66. The molecule has 1 aliphatic heterocycles. The van der Waals surface area contributed by atoms with E-state index in [9.17, 15) is 4.79 Å². The van der Waals surface area contributed by atoms with Gasteiger partial charge in [0.2, 0.25) is 0 Å². The number of nitrogens with one attached hydrogen (secondary N) is 1. The number of aromatic nitrogens is 2. The van der Waals surface area contributed by atoms with Crippen molar-refractivity contribution in [2.24, 2.45) is 5.92 Å². The van der Waals surface area contributed by atoms with Crippen molar-refractivity contribution in [3.05, 3.63) is 54.0 Å². The van der Waals surface area contributed by atoms with Gasteiger partial charge in [0.15, 0.2) is 0 Å². The molecule has 0 saturated carbocycles. The van der Waals surface area contributed by atoms with Gasteiger partial charge in [0.05, 0.1) is 0 Å². The van der Waals surface area contributed by atoms with E-state index >= 15 is 0 Å². The maximum absolute atomic E-state index is 12.2. The number of hydrogen-bond acceptors (Lipinski definition) is 5. The molecule has 0 atom stereocenters. The molecule has 2 heterocycles. The number of carbonyl (C=O) groups excluding carboxylic acids is 1. The average molecular weight is 340 g/mol. The van der Waals surface area contributed by atoms with Crippen LogP contribution in [0.2, 0.25) is 0 Å². The third kappa shape index (κ3) is 4.92. The first kappa shape index (κ1) is 17.2. The first-order valence-corrected chi connectivity index (χ1v) is 8.68. The predicted octanol–water partition coefficient (Wildman–Crippen LogP) is 3.25. The van der Waals surface area contributed by atoms with Gasteiger partial charge in [0.25, 0.3) is 0 Å². The zero-order valence-corrected chi connectivity index (χ0v) is 14.5. The SMILES string of the molecule is Cc1cncnc1NCC1CCN(C(=O)OCc2ccccc2)CC1. The average Bonchev–Trinajstić information content (AvgIpc) is 2.67. The fourth-order valence-electron chi connectivity index (χ4n) is 2.96. The molecule has 1 aromatic heterocycles. The highest BCUT2D eigenvalue weighted by Gasteiger charge is 2.23. The van der Waals surface area contributed by atoms with Crippen molar-refractivity contribution in [1.82, 2.24) is 14.9 Å². The summed E-state index contributed by atoms with van der Waals surface area (Å²) in [6.07, 6.45) is 5.08. The van der Waals surface area contributed by atoms with Crippen LogP contribution in [0.3, 0.4) is 0 Å². The van der Waals surface area contributed by atoms with Crippen LogP contribution in [-0.4, -0.2) is 40.6 Å². The predicted molar refractivity (Wildman–Crippen MR) is 96.2 cm³/mol. The molecular weight excluding hydrogens is 316 g/mol. The highest BCUT2D eigenvalue weighted by molar-refractivity contribution is 5.67. The lowest BCUT2D eigenvalue weighted by Crippen LogP contribution is -2.40. The molecule has 0 unspecified atom stereocenters. The van der Waals surface area contributed by atoms with Gasteiger partial charge in [-0.25, -0.2) is 14.8 Å². The van der Waals surface area contributed by atoms with Crippen molar-refractivity contribution in [3.8, 4) is 0 Å². The highest BCUT2D eigenvalue weighted by atomic mass is 16.6. The van der Waals surface area contributed by atoms with E-state index in [1.165, 1.54) is 0 Å². The molecule has 0 aliphatic carbocycles. The van der Waals surface area contributed by atoms with Gasteiger partial charge in [-0.15, -0.1) is 0 Å². The number of carbonyl (C=O) groups is 1. The molecule has 1 amide bonds. The Morgan fingerprint density at radius 1 is 1.28 bits per heavy atom. The number of aryl methyl sites for hydroxylation is 1. The number of hydrogen-bond donors (Lipinski definition) is 1. The maximum Gasteiger partial charge on any atom is 0.410 e. The van der Waals surface area contributed by atoms with Gasteiger partial charge >= 0.3 is 6.09 Å². The summed E-state index contributed by atoms with van der Waals surface area (Å²) in [5.41, 5.74) is 2.06. The van der Waals surface area contributed by atoms with Crippen LogP contribution in [0.25, 0.3) is 0 Å². The maximum atomic E-state index is 12.2. The summed E-state index contributed by atoms with van der Waals surface area (Å²) < 4.78 is 5.40. The van der Waals surface area contributed by atoms with Crippen LogP contribution < -0.4 is 5.32 Å². The van der Waals surface area contributed by atoms with Crippen molar-refractivity contribution in [1.29, 1.82) is 0 Å². The number of benzene rings is 1. The van der Waals surface area contributed by atoms with Gasteiger partial charge in [-0.2, -0.15) is 0 Å². The van der Waals surface area contributed by atoms with E-state index in [4.69, 9.17) is 4.74 Å². The molecule has 0 radical (unpaired) electrons. The summed E-state index contributed by atoms with van der Waals surface area (Å²) in [4.78, 5) is 22.2. The molecule has 25 heavy (non-hydrogen) atoms. The third-order valence-corrected chi connectivity index (χ3v) is 4.53. The van der Waals surface area contributed by atoms with Gasteiger partial charge in [-0.1, -0.05) is 30.3 Å². The fourth-order valence-corrected chi connectivity index (χ4v) is 2.96. The summed E-state index contributed by atoms with van der Waals surface area (Å²) in [5.74, 6) is 1.42. The molecule has 0 bridgehead atoms. The van der Waals surface area contributed by atoms with Crippen molar-refractivity contribution in [3.63, 3.8) is 0 Å². The number of rotatable bonds is 5. The zero-order chi connectivity index (χ0) is 17.5. The number of nitrogens with zero attached hydrogens (tertiary/aromatic N) is 3. The first-order valence-electron chi connectivity index (χ1n) is 8.68. The van der Waals surface area contributed by atoms with E-state index in [2.05, 4.69) is 15.3 Å². The molecule has 1 N–H and O–H groups in total. The molecule has 0 spiro atoms. The summed E-state index contributed by atoms with van der Waals surface area (Å²) in [5, 5.41) is 3.39. The Labute approximate surface area is 148 Å². The Morgan fingerprint density at radius 2 is 2.04 bits per heavy atom. The minimum atomic E-state index is -0.220. The van der Waals surface area contributed by atoms with Crippen LogP contribution in [0.1, 0.15) is 24.0 Å². The number of amides is 1. The van der Waals surface area contributed by atoms with E-state index in [-0.39, 0.29) is 6.09 Å². The van der Waals surface area contributed by atoms with Gasteiger partial charge in [0, 0.05) is 31.4 Å². The minimum absolute atomic E-state index is 0.220. The molecular formula is C19H24N4O2. The Morgan fingerprint density at radius 3 is 2.76 bits per heavy atom. The quantitative estimate of drug-likeness (QED) is 0.905. The Hall–Kier alpha value is -2.63. The van der Waals surface area contributed by atoms with Crippen LogP contribution in [0.15, 0.2) is 42.9 Å². The molecule has 1 aromatic carbocycles. The van der Waals surface area contributed by atoms with Crippen molar-refractivity contribution >= 4 is 11.9 Å². The van der Waals surface area contributed by atoms with Crippen LogP contribution in [0.4, 0.5) is 10.6 Å². The second-order valence-corrected chi connectivity index (χ2v) is 6.41. The smallest absolute Gasteiger partial charge is 0.410 e. The van der Waals surface area contributed by atoms with Crippen LogP contribution >= 0.6 is 0 Å². The number of piperidine rings is 1. The lowest BCUT2D eigenvalue weighted by atomic mass is 9.97. The van der Waals surface area contributed by atoms with Crippen molar-refractivity contribution < 1.29 is 9.53 Å². The van der Waals surface area contributed by atoms with Gasteiger partial charge < -0.3 is 15.0 Å². The number of anilines is 1. The molecule has 132 valence electrons. The second kappa shape index (κ2) is 8.46. The first-order chi connectivity index (χ1) is 12.2. The summed E-state index contributed by atoms with van der Waals surface area (Å²) in [6, 6.07) is 9.76.